The zero-order chi connectivity index (χ0) is 17.9. The van der Waals surface area contributed by atoms with E-state index in [0.29, 0.717) is 34.1 Å². The van der Waals surface area contributed by atoms with E-state index in [9.17, 15) is 9.90 Å². The topological polar surface area (TPSA) is 110 Å². The summed E-state index contributed by atoms with van der Waals surface area (Å²) in [7, 11) is 0. The highest BCUT2D eigenvalue weighted by Crippen LogP contribution is 2.20. The van der Waals surface area contributed by atoms with Gasteiger partial charge in [-0.05, 0) is 46.8 Å². The van der Waals surface area contributed by atoms with E-state index in [-0.39, 0.29) is 11.3 Å². The molecule has 0 saturated carbocycles. The van der Waals surface area contributed by atoms with Gasteiger partial charge in [0.25, 0.3) is 5.56 Å². The first-order valence-electron chi connectivity index (χ1n) is 7.89. The number of phenols is 1. The van der Waals surface area contributed by atoms with Crippen LogP contribution >= 0.6 is 11.8 Å². The first kappa shape index (κ1) is 16.3. The van der Waals surface area contributed by atoms with E-state index in [1.54, 1.807) is 35.0 Å². The van der Waals surface area contributed by atoms with E-state index in [4.69, 9.17) is 0 Å². The van der Waals surface area contributed by atoms with Crippen LogP contribution in [-0.4, -0.2) is 41.0 Å². The Hall–Kier alpha value is -3.20. The van der Waals surface area contributed by atoms with Gasteiger partial charge in [0.2, 0.25) is 5.16 Å². The van der Waals surface area contributed by atoms with Crippen molar-refractivity contribution in [2.75, 3.05) is 5.75 Å². The molecule has 0 bridgehead atoms. The van der Waals surface area contributed by atoms with Crippen LogP contribution in [-0.2, 0) is 6.42 Å². The number of H-pyrrole nitrogens is 1. The summed E-state index contributed by atoms with van der Waals surface area (Å²) in [6.07, 6.45) is 0.577. The maximum Gasteiger partial charge on any atom is 0.258 e. The largest absolute Gasteiger partial charge is 0.508 e. The predicted molar refractivity (Wildman–Crippen MR) is 97.6 cm³/mol. The summed E-state index contributed by atoms with van der Waals surface area (Å²) in [5, 5.41) is 22.3. The summed E-state index contributed by atoms with van der Waals surface area (Å²) in [5.41, 5.74) is 1.31. The molecule has 0 saturated heterocycles. The minimum atomic E-state index is -0.135. The lowest BCUT2D eigenvalue weighted by Crippen LogP contribution is -2.12. The number of aromatic nitrogens is 6. The van der Waals surface area contributed by atoms with Crippen molar-refractivity contribution in [2.24, 2.45) is 0 Å². The zero-order valence-electron chi connectivity index (χ0n) is 13.5. The Morgan fingerprint density at radius 1 is 1.12 bits per heavy atom. The van der Waals surface area contributed by atoms with E-state index < -0.39 is 0 Å². The van der Waals surface area contributed by atoms with Gasteiger partial charge in [0, 0.05) is 12.2 Å². The Kier molecular flexibility index (Phi) is 4.36. The number of para-hydroxylation sites is 1. The quantitative estimate of drug-likeness (QED) is 0.519. The van der Waals surface area contributed by atoms with Crippen molar-refractivity contribution in [1.82, 2.24) is 30.2 Å². The van der Waals surface area contributed by atoms with Crippen molar-refractivity contribution in [3.05, 3.63) is 64.7 Å². The normalized spacial score (nSPS) is 11.1. The summed E-state index contributed by atoms with van der Waals surface area (Å²) in [6.45, 7) is 0. The van der Waals surface area contributed by atoms with Crippen LogP contribution in [0.15, 0.2) is 58.5 Å². The number of phenolic OH excluding ortho intramolecular Hbond substituents is 1. The molecule has 130 valence electrons. The average molecular weight is 366 g/mol. The molecule has 0 aliphatic carbocycles. The van der Waals surface area contributed by atoms with Crippen LogP contribution in [0.1, 0.15) is 5.82 Å². The number of hydrogen-bond acceptors (Lipinski definition) is 7. The molecule has 2 N–H and O–H groups in total. The molecule has 9 heteroatoms. The lowest BCUT2D eigenvalue weighted by Gasteiger charge is -2.05. The standard InChI is InChI=1S/C17H14N6O2S/c24-12-7-5-11(6-8-12)23-17(20-21-22-23)26-10-9-15-18-14-4-2-1-3-13(14)16(25)19-15/h1-8,24H,9-10H2,(H,18,19,25). The zero-order valence-corrected chi connectivity index (χ0v) is 14.3. The Morgan fingerprint density at radius 3 is 2.77 bits per heavy atom. The molecular formula is C17H14N6O2S. The minimum absolute atomic E-state index is 0.135. The fourth-order valence-electron chi connectivity index (χ4n) is 2.52. The number of nitrogens with one attached hydrogen (secondary N) is 1. The van der Waals surface area contributed by atoms with E-state index in [2.05, 4.69) is 25.5 Å². The predicted octanol–water partition coefficient (Wildman–Crippen LogP) is 1.94. The number of aryl methyl sites for hydroxylation is 1. The highest BCUT2D eigenvalue weighted by atomic mass is 32.2. The molecule has 0 fully saturated rings. The lowest BCUT2D eigenvalue weighted by atomic mass is 10.2. The van der Waals surface area contributed by atoms with E-state index in [1.807, 2.05) is 18.2 Å². The molecule has 0 atom stereocenters. The van der Waals surface area contributed by atoms with Gasteiger partial charge in [-0.1, -0.05) is 23.9 Å². The monoisotopic (exact) mass is 366 g/mol. The number of aromatic hydroxyl groups is 1. The van der Waals surface area contributed by atoms with Crippen LogP contribution in [0.5, 0.6) is 5.75 Å². The number of hydrogen-bond donors (Lipinski definition) is 2. The van der Waals surface area contributed by atoms with Gasteiger partial charge in [0.15, 0.2) is 0 Å². The molecule has 0 amide bonds. The van der Waals surface area contributed by atoms with Crippen LogP contribution in [0.3, 0.4) is 0 Å². The summed E-state index contributed by atoms with van der Waals surface area (Å²) in [5.74, 6) is 1.46. The average Bonchev–Trinajstić information content (AvgIpc) is 3.11. The van der Waals surface area contributed by atoms with Crippen molar-refractivity contribution >= 4 is 22.7 Å². The molecule has 0 spiro atoms. The first-order valence-corrected chi connectivity index (χ1v) is 8.88. The van der Waals surface area contributed by atoms with Gasteiger partial charge in [0.1, 0.15) is 11.6 Å². The van der Waals surface area contributed by atoms with Crippen molar-refractivity contribution in [3.63, 3.8) is 0 Å². The molecule has 0 radical (unpaired) electrons. The highest BCUT2D eigenvalue weighted by molar-refractivity contribution is 7.99. The van der Waals surface area contributed by atoms with E-state index >= 15 is 0 Å². The molecule has 0 unspecified atom stereocenters. The molecule has 2 heterocycles. The summed E-state index contributed by atoms with van der Waals surface area (Å²) in [4.78, 5) is 19.4. The smallest absolute Gasteiger partial charge is 0.258 e. The molecule has 8 nitrogen and oxygen atoms in total. The Morgan fingerprint density at radius 2 is 1.92 bits per heavy atom. The summed E-state index contributed by atoms with van der Waals surface area (Å²) in [6, 6.07) is 13.9. The van der Waals surface area contributed by atoms with Gasteiger partial charge in [-0.25, -0.2) is 4.98 Å². The number of rotatable bonds is 5. The summed E-state index contributed by atoms with van der Waals surface area (Å²) >= 11 is 1.46. The Balaban J connectivity index is 1.48. The molecule has 26 heavy (non-hydrogen) atoms. The van der Waals surface area contributed by atoms with Crippen molar-refractivity contribution in [3.8, 4) is 11.4 Å². The van der Waals surface area contributed by atoms with E-state index in [1.165, 1.54) is 11.8 Å². The van der Waals surface area contributed by atoms with Crippen LogP contribution in [0.25, 0.3) is 16.6 Å². The SMILES string of the molecule is O=c1[nH]c(CCSc2nnnn2-c2ccc(O)cc2)nc2ccccc12. The first-order chi connectivity index (χ1) is 12.7. The van der Waals surface area contributed by atoms with Crippen LogP contribution in [0.4, 0.5) is 0 Å². The second kappa shape index (κ2) is 6.96. The third kappa shape index (κ3) is 3.29. The van der Waals surface area contributed by atoms with Crippen molar-refractivity contribution in [2.45, 2.75) is 11.6 Å². The van der Waals surface area contributed by atoms with Crippen molar-refractivity contribution < 1.29 is 5.11 Å². The maximum absolute atomic E-state index is 12.1. The molecular weight excluding hydrogens is 352 g/mol. The third-order valence-corrected chi connectivity index (χ3v) is 4.69. The van der Waals surface area contributed by atoms with E-state index in [0.717, 1.165) is 5.69 Å². The molecule has 4 aromatic rings. The van der Waals surface area contributed by atoms with Gasteiger partial charge >= 0.3 is 0 Å². The van der Waals surface area contributed by atoms with Gasteiger partial charge in [-0.2, -0.15) is 4.68 Å². The number of nitrogens with zero attached hydrogens (tertiary/aromatic N) is 5. The minimum Gasteiger partial charge on any atom is -0.508 e. The van der Waals surface area contributed by atoms with Crippen LogP contribution < -0.4 is 5.56 Å². The fourth-order valence-corrected chi connectivity index (χ4v) is 3.35. The lowest BCUT2D eigenvalue weighted by molar-refractivity contribution is 0.475. The third-order valence-electron chi connectivity index (χ3n) is 3.77. The van der Waals surface area contributed by atoms with Crippen LogP contribution in [0, 0.1) is 0 Å². The molecule has 0 aliphatic heterocycles. The maximum atomic E-state index is 12.1. The number of thioether (sulfide) groups is 1. The molecule has 2 aromatic heterocycles. The Labute approximate surface area is 151 Å². The van der Waals surface area contributed by atoms with Gasteiger partial charge in [0.05, 0.1) is 16.6 Å². The number of benzene rings is 2. The van der Waals surface area contributed by atoms with Gasteiger partial charge in [-0.15, -0.1) is 5.10 Å². The Bertz CT molecular complexity index is 1110. The number of aromatic amines is 1. The van der Waals surface area contributed by atoms with Gasteiger partial charge < -0.3 is 10.1 Å². The molecule has 4 rings (SSSR count). The molecule has 0 aliphatic rings. The second-order valence-electron chi connectivity index (χ2n) is 5.52. The van der Waals surface area contributed by atoms with Crippen LogP contribution in [0.2, 0.25) is 0 Å². The second-order valence-corrected chi connectivity index (χ2v) is 6.58. The van der Waals surface area contributed by atoms with Crippen molar-refractivity contribution in [1.29, 1.82) is 0 Å². The number of tetrazole rings is 1. The number of fused-ring (bicyclic) bond motifs is 1. The highest BCUT2D eigenvalue weighted by Gasteiger charge is 2.10. The van der Waals surface area contributed by atoms with Gasteiger partial charge in [-0.3, -0.25) is 4.79 Å². The molecule has 2 aromatic carbocycles. The summed E-state index contributed by atoms with van der Waals surface area (Å²) < 4.78 is 1.60. The fraction of sp³-hybridized carbons (Fsp3) is 0.118.